The van der Waals surface area contributed by atoms with Gasteiger partial charge in [-0.3, -0.25) is 19.2 Å². The highest BCUT2D eigenvalue weighted by Gasteiger charge is 2.56. The van der Waals surface area contributed by atoms with Crippen LogP contribution in [0.15, 0.2) is 0 Å². The van der Waals surface area contributed by atoms with Gasteiger partial charge in [-0.15, -0.1) is 0 Å². The van der Waals surface area contributed by atoms with Crippen molar-refractivity contribution in [3.05, 3.63) is 0 Å². The number of ketones is 1. The largest absolute Gasteiger partial charge is 0.444 e. The van der Waals surface area contributed by atoms with Crippen LogP contribution in [0, 0.1) is 17.8 Å². The third-order valence-electron chi connectivity index (χ3n) is 8.55. The van der Waals surface area contributed by atoms with Crippen LogP contribution in [0.5, 0.6) is 0 Å². The molecule has 4 fully saturated rings. The Morgan fingerprint density at radius 2 is 1.68 bits per heavy atom. The van der Waals surface area contributed by atoms with Crippen LogP contribution in [0.25, 0.3) is 0 Å². The normalized spacial score (nSPS) is 27.8. The van der Waals surface area contributed by atoms with E-state index in [0.29, 0.717) is 12.8 Å². The monoisotopic (exact) mass is 562 g/mol. The Hall–Kier alpha value is -2.69. The first kappa shape index (κ1) is 30.3. The van der Waals surface area contributed by atoms with E-state index in [1.165, 1.54) is 4.90 Å². The number of primary amides is 1. The van der Waals surface area contributed by atoms with E-state index in [4.69, 9.17) is 15.2 Å². The number of nitrogens with two attached hydrogens (primary N) is 1. The second kappa shape index (κ2) is 11.7. The SMILES string of the molecule is CC(C)(C)OC(=O)N[C@H](C(=O)N1C[C@@H]2OC(C)(C)C[C@@H]2[C@H]1C(=O)NC(CC1CC1)C(=O)C(N)=O)C1CCCCC1. The number of nitrogens with zero attached hydrogens (tertiary/aromatic N) is 1. The molecule has 0 spiro atoms. The third-order valence-corrected chi connectivity index (χ3v) is 8.55. The standard InChI is InChI=1S/C29H46N4O7/c1-28(2,3)40-27(38)32-21(17-9-7-6-8-10-17)26(37)33-15-20-18(14-29(4,5)39-20)22(33)25(36)31-19(13-16-11-12-16)23(34)24(30)35/h16-22H,6-15H2,1-5H3,(H2,30,35)(H,31,36)(H,32,38)/t18-,19?,20-,21-,22-/m0/s1. The highest BCUT2D eigenvalue weighted by Crippen LogP contribution is 2.44. The molecule has 2 heterocycles. The van der Waals surface area contributed by atoms with Crippen LogP contribution >= 0.6 is 0 Å². The summed E-state index contributed by atoms with van der Waals surface area (Å²) in [6.45, 7) is 9.38. The number of amides is 4. The number of carbonyl (C=O) groups is 5. The Kier molecular flexibility index (Phi) is 8.82. The smallest absolute Gasteiger partial charge is 0.408 e. The summed E-state index contributed by atoms with van der Waals surface area (Å²) in [5.74, 6) is -2.90. The van der Waals surface area contributed by atoms with Gasteiger partial charge < -0.3 is 30.7 Å². The first-order valence-corrected chi connectivity index (χ1v) is 14.8. The lowest BCUT2D eigenvalue weighted by Crippen LogP contribution is -2.59. The van der Waals surface area contributed by atoms with Gasteiger partial charge in [0.2, 0.25) is 17.6 Å². The van der Waals surface area contributed by atoms with Gasteiger partial charge in [0.25, 0.3) is 5.91 Å². The summed E-state index contributed by atoms with van der Waals surface area (Å²) in [6, 6.07) is -2.79. The van der Waals surface area contributed by atoms with Crippen LogP contribution in [0.4, 0.5) is 4.79 Å². The predicted octanol–water partition coefficient (Wildman–Crippen LogP) is 2.19. The van der Waals surface area contributed by atoms with E-state index in [2.05, 4.69) is 10.6 Å². The number of carbonyl (C=O) groups excluding carboxylic acids is 5. The molecule has 2 saturated carbocycles. The van der Waals surface area contributed by atoms with Crippen LogP contribution in [-0.4, -0.2) is 76.5 Å². The summed E-state index contributed by atoms with van der Waals surface area (Å²) < 4.78 is 11.7. The molecule has 4 amide bonds. The highest BCUT2D eigenvalue weighted by molar-refractivity contribution is 6.37. The van der Waals surface area contributed by atoms with Crippen LogP contribution in [0.2, 0.25) is 0 Å². The molecule has 1 unspecified atom stereocenters. The number of likely N-dealkylation sites (tertiary alicyclic amines) is 1. The van der Waals surface area contributed by atoms with Gasteiger partial charge in [0, 0.05) is 12.5 Å². The lowest BCUT2D eigenvalue weighted by Gasteiger charge is -2.36. The number of hydrogen-bond donors (Lipinski definition) is 3. The van der Waals surface area contributed by atoms with Crippen molar-refractivity contribution in [1.29, 1.82) is 0 Å². The van der Waals surface area contributed by atoms with Gasteiger partial charge in [0.15, 0.2) is 0 Å². The van der Waals surface area contributed by atoms with Gasteiger partial charge in [-0.05, 0) is 72.1 Å². The van der Waals surface area contributed by atoms with E-state index in [1.807, 2.05) is 13.8 Å². The molecule has 2 saturated heterocycles. The quantitative estimate of drug-likeness (QED) is 0.364. The van der Waals surface area contributed by atoms with Crippen LogP contribution in [-0.2, 0) is 28.7 Å². The minimum atomic E-state index is -1.09. The number of Topliss-reactive ketones (excluding diaryl/α,β-unsaturated/α-hetero) is 1. The summed E-state index contributed by atoms with van der Waals surface area (Å²) in [7, 11) is 0. The van der Waals surface area contributed by atoms with Gasteiger partial charge in [-0.1, -0.05) is 32.1 Å². The molecule has 0 aromatic carbocycles. The number of ether oxygens (including phenoxy) is 2. The Labute approximate surface area is 236 Å². The van der Waals surface area contributed by atoms with Gasteiger partial charge in [0.05, 0.1) is 17.7 Å². The fourth-order valence-corrected chi connectivity index (χ4v) is 6.64. The molecule has 0 aromatic rings. The Balaban J connectivity index is 1.60. The second-order valence-electron chi connectivity index (χ2n) is 13.7. The minimum absolute atomic E-state index is 0.0886. The topological polar surface area (TPSA) is 157 Å². The summed E-state index contributed by atoms with van der Waals surface area (Å²) in [5.41, 5.74) is 4.08. The molecular weight excluding hydrogens is 516 g/mol. The zero-order valence-electron chi connectivity index (χ0n) is 24.5. The van der Waals surface area contributed by atoms with Crippen LogP contribution in [0.1, 0.15) is 92.4 Å². The Morgan fingerprint density at radius 1 is 1.02 bits per heavy atom. The number of nitrogens with one attached hydrogen (secondary N) is 2. The molecule has 4 aliphatic rings. The number of rotatable bonds is 9. The van der Waals surface area contributed by atoms with E-state index in [-0.39, 0.29) is 36.3 Å². The molecule has 0 radical (unpaired) electrons. The number of alkyl carbamates (subject to hydrolysis) is 1. The fraction of sp³-hybridized carbons (Fsp3) is 0.828. The molecule has 4 N–H and O–H groups in total. The van der Waals surface area contributed by atoms with Crippen LogP contribution < -0.4 is 16.4 Å². The van der Waals surface area contributed by atoms with Crippen molar-refractivity contribution in [2.24, 2.45) is 23.5 Å². The molecular formula is C29H46N4O7. The van der Waals surface area contributed by atoms with E-state index in [1.54, 1.807) is 20.8 Å². The molecule has 0 aromatic heterocycles. The maximum atomic E-state index is 14.2. The lowest BCUT2D eigenvalue weighted by atomic mass is 9.83. The summed E-state index contributed by atoms with van der Waals surface area (Å²) in [6.07, 6.45) is 6.25. The van der Waals surface area contributed by atoms with E-state index < -0.39 is 53.0 Å². The zero-order valence-corrected chi connectivity index (χ0v) is 24.5. The summed E-state index contributed by atoms with van der Waals surface area (Å²) >= 11 is 0. The average Bonchev–Trinajstić information content (AvgIpc) is 3.53. The summed E-state index contributed by atoms with van der Waals surface area (Å²) in [5, 5.41) is 5.61. The zero-order chi connectivity index (χ0) is 29.4. The second-order valence-corrected chi connectivity index (χ2v) is 13.7. The van der Waals surface area contributed by atoms with E-state index in [9.17, 15) is 24.0 Å². The molecule has 11 nitrogen and oxygen atoms in total. The van der Waals surface area contributed by atoms with E-state index in [0.717, 1.165) is 44.9 Å². The Morgan fingerprint density at radius 3 is 2.25 bits per heavy atom. The molecule has 5 atom stereocenters. The van der Waals surface area contributed by atoms with Crippen molar-refractivity contribution in [3.63, 3.8) is 0 Å². The van der Waals surface area contributed by atoms with E-state index >= 15 is 0 Å². The van der Waals surface area contributed by atoms with Crippen molar-refractivity contribution >= 4 is 29.6 Å². The molecule has 2 aliphatic heterocycles. The van der Waals surface area contributed by atoms with Crippen LogP contribution in [0.3, 0.4) is 0 Å². The van der Waals surface area contributed by atoms with Gasteiger partial charge in [-0.25, -0.2) is 4.79 Å². The lowest BCUT2D eigenvalue weighted by molar-refractivity contribution is -0.144. The maximum Gasteiger partial charge on any atom is 0.408 e. The minimum Gasteiger partial charge on any atom is -0.444 e. The molecule has 2 aliphatic carbocycles. The maximum absolute atomic E-state index is 14.2. The predicted molar refractivity (Wildman–Crippen MR) is 146 cm³/mol. The molecule has 224 valence electrons. The molecule has 0 bridgehead atoms. The molecule has 4 rings (SSSR count). The van der Waals surface area contributed by atoms with Gasteiger partial charge in [0.1, 0.15) is 17.7 Å². The summed E-state index contributed by atoms with van der Waals surface area (Å²) in [4.78, 5) is 66.8. The van der Waals surface area contributed by atoms with Crippen molar-refractivity contribution in [3.8, 4) is 0 Å². The number of hydrogen-bond acceptors (Lipinski definition) is 7. The number of fused-ring (bicyclic) bond motifs is 1. The average molecular weight is 563 g/mol. The van der Waals surface area contributed by atoms with Gasteiger partial charge in [-0.2, -0.15) is 0 Å². The van der Waals surface area contributed by atoms with Crippen molar-refractivity contribution in [2.45, 2.75) is 128 Å². The van der Waals surface area contributed by atoms with Crippen molar-refractivity contribution in [2.75, 3.05) is 6.54 Å². The fourth-order valence-electron chi connectivity index (χ4n) is 6.64. The first-order valence-electron chi connectivity index (χ1n) is 14.8. The van der Waals surface area contributed by atoms with Crippen molar-refractivity contribution < 1.29 is 33.4 Å². The molecule has 11 heteroatoms. The third kappa shape index (κ3) is 7.33. The molecule has 40 heavy (non-hydrogen) atoms. The highest BCUT2D eigenvalue weighted by atomic mass is 16.6. The van der Waals surface area contributed by atoms with Gasteiger partial charge >= 0.3 is 6.09 Å². The van der Waals surface area contributed by atoms with Crippen molar-refractivity contribution in [1.82, 2.24) is 15.5 Å². The Bertz CT molecular complexity index is 1010. The first-order chi connectivity index (χ1) is 18.6.